The second-order valence-corrected chi connectivity index (χ2v) is 5.92. The lowest BCUT2D eigenvalue weighted by Crippen LogP contribution is -2.13. The highest BCUT2D eigenvalue weighted by molar-refractivity contribution is 7.89. The van der Waals surface area contributed by atoms with E-state index >= 15 is 0 Å². The predicted octanol–water partition coefficient (Wildman–Crippen LogP) is 2.13. The molecule has 0 fully saturated rings. The highest BCUT2D eigenvalue weighted by atomic mass is 32.2. The summed E-state index contributed by atoms with van der Waals surface area (Å²) in [4.78, 5) is 11.1. The standard InChI is InChI=1S/C13H19NO4S/c1-3-4-5-13(18-10(2)15)11-6-8-12(9-7-11)19(14,16)17/h6-9,13H,3-5H2,1-2H3,(H2,14,16,17). The summed E-state index contributed by atoms with van der Waals surface area (Å²) in [7, 11) is -3.69. The first-order valence-electron chi connectivity index (χ1n) is 6.14. The summed E-state index contributed by atoms with van der Waals surface area (Å²) in [5, 5.41) is 5.03. The van der Waals surface area contributed by atoms with Crippen molar-refractivity contribution >= 4 is 16.0 Å². The zero-order chi connectivity index (χ0) is 14.5. The largest absolute Gasteiger partial charge is 0.458 e. The van der Waals surface area contributed by atoms with Crippen LogP contribution in [-0.4, -0.2) is 14.4 Å². The van der Waals surface area contributed by atoms with Crippen LogP contribution in [-0.2, 0) is 19.6 Å². The zero-order valence-corrected chi connectivity index (χ0v) is 11.9. The monoisotopic (exact) mass is 285 g/mol. The Morgan fingerprint density at radius 2 is 1.89 bits per heavy atom. The number of benzene rings is 1. The summed E-state index contributed by atoms with van der Waals surface area (Å²) in [5.41, 5.74) is 0.774. The average molecular weight is 285 g/mol. The van der Waals surface area contributed by atoms with E-state index < -0.39 is 10.0 Å². The SMILES string of the molecule is CCCCC(OC(C)=O)c1ccc(S(N)(=O)=O)cc1. The number of carbonyl (C=O) groups is 1. The Bertz CT molecular complexity index is 522. The van der Waals surface area contributed by atoms with Gasteiger partial charge in [0.25, 0.3) is 0 Å². The smallest absolute Gasteiger partial charge is 0.303 e. The maximum Gasteiger partial charge on any atom is 0.303 e. The van der Waals surface area contributed by atoms with Gasteiger partial charge in [-0.2, -0.15) is 0 Å². The van der Waals surface area contributed by atoms with E-state index in [9.17, 15) is 13.2 Å². The van der Waals surface area contributed by atoms with Gasteiger partial charge in [0.1, 0.15) is 6.10 Å². The number of sulfonamides is 1. The minimum absolute atomic E-state index is 0.0494. The summed E-state index contributed by atoms with van der Waals surface area (Å²) in [6, 6.07) is 6.10. The molecule has 1 rings (SSSR count). The molecule has 6 heteroatoms. The van der Waals surface area contributed by atoms with Crippen LogP contribution in [0.15, 0.2) is 29.2 Å². The highest BCUT2D eigenvalue weighted by Gasteiger charge is 2.15. The third-order valence-corrected chi connectivity index (χ3v) is 3.64. The number of rotatable bonds is 6. The highest BCUT2D eigenvalue weighted by Crippen LogP contribution is 2.24. The van der Waals surface area contributed by atoms with Crippen LogP contribution in [0.25, 0.3) is 0 Å². The van der Waals surface area contributed by atoms with Gasteiger partial charge in [-0.05, 0) is 30.5 Å². The molecule has 1 aromatic rings. The van der Waals surface area contributed by atoms with E-state index in [1.54, 1.807) is 12.1 Å². The van der Waals surface area contributed by atoms with E-state index in [4.69, 9.17) is 9.88 Å². The normalized spacial score (nSPS) is 13.0. The van der Waals surface area contributed by atoms with E-state index in [-0.39, 0.29) is 17.0 Å². The van der Waals surface area contributed by atoms with Gasteiger partial charge in [-0.25, -0.2) is 13.6 Å². The lowest BCUT2D eigenvalue weighted by Gasteiger charge is -2.17. The van der Waals surface area contributed by atoms with Gasteiger partial charge < -0.3 is 4.74 Å². The number of carbonyl (C=O) groups excluding carboxylic acids is 1. The van der Waals surface area contributed by atoms with E-state index in [1.165, 1.54) is 19.1 Å². The fourth-order valence-corrected chi connectivity index (χ4v) is 2.27. The van der Waals surface area contributed by atoms with E-state index in [0.717, 1.165) is 18.4 Å². The van der Waals surface area contributed by atoms with Crippen LogP contribution < -0.4 is 5.14 Å². The summed E-state index contributed by atoms with van der Waals surface area (Å²) in [6.07, 6.45) is 2.29. The van der Waals surface area contributed by atoms with Gasteiger partial charge in [-0.3, -0.25) is 4.79 Å². The molecule has 1 unspecified atom stereocenters. The predicted molar refractivity (Wildman–Crippen MR) is 71.8 cm³/mol. The fourth-order valence-electron chi connectivity index (χ4n) is 1.76. The molecule has 0 aliphatic carbocycles. The molecule has 0 aliphatic heterocycles. The minimum atomic E-state index is -3.69. The van der Waals surface area contributed by atoms with Crippen LogP contribution in [0.1, 0.15) is 44.8 Å². The molecule has 0 saturated heterocycles. The Hall–Kier alpha value is -1.40. The molecule has 106 valence electrons. The van der Waals surface area contributed by atoms with Crippen molar-refractivity contribution < 1.29 is 17.9 Å². The number of unbranched alkanes of at least 4 members (excludes halogenated alkanes) is 1. The molecule has 1 atom stereocenters. The molecule has 0 bridgehead atoms. The first-order valence-corrected chi connectivity index (χ1v) is 7.69. The Kier molecular flexibility index (Phi) is 5.50. The third kappa shape index (κ3) is 5.00. The van der Waals surface area contributed by atoms with Crippen molar-refractivity contribution in [2.75, 3.05) is 0 Å². The van der Waals surface area contributed by atoms with E-state index in [0.29, 0.717) is 6.42 Å². The first kappa shape index (κ1) is 15.7. The third-order valence-electron chi connectivity index (χ3n) is 2.71. The molecule has 5 nitrogen and oxygen atoms in total. The Balaban J connectivity index is 2.93. The Morgan fingerprint density at radius 1 is 1.32 bits per heavy atom. The molecule has 0 amide bonds. The van der Waals surface area contributed by atoms with Crippen molar-refractivity contribution in [2.24, 2.45) is 5.14 Å². The van der Waals surface area contributed by atoms with Crippen LogP contribution in [0.4, 0.5) is 0 Å². The minimum Gasteiger partial charge on any atom is -0.458 e. The maximum absolute atomic E-state index is 11.2. The van der Waals surface area contributed by atoms with Crippen molar-refractivity contribution in [3.8, 4) is 0 Å². The zero-order valence-electron chi connectivity index (χ0n) is 11.1. The molecule has 0 saturated carbocycles. The molecular formula is C13H19NO4S. The Labute approximate surface area is 113 Å². The van der Waals surface area contributed by atoms with Crippen molar-refractivity contribution in [1.82, 2.24) is 0 Å². The first-order chi connectivity index (χ1) is 8.84. The summed E-state index contributed by atoms with van der Waals surface area (Å²) < 4.78 is 27.6. The molecule has 0 radical (unpaired) electrons. The molecule has 19 heavy (non-hydrogen) atoms. The summed E-state index contributed by atoms with van der Waals surface area (Å²) in [6.45, 7) is 3.41. The Morgan fingerprint density at radius 3 is 2.32 bits per heavy atom. The van der Waals surface area contributed by atoms with Gasteiger partial charge in [0.15, 0.2) is 0 Å². The topological polar surface area (TPSA) is 86.5 Å². The van der Waals surface area contributed by atoms with Crippen molar-refractivity contribution in [2.45, 2.75) is 44.1 Å². The fraction of sp³-hybridized carbons (Fsp3) is 0.462. The molecule has 1 aromatic carbocycles. The molecule has 2 N–H and O–H groups in total. The van der Waals surface area contributed by atoms with Gasteiger partial charge >= 0.3 is 5.97 Å². The molecular weight excluding hydrogens is 266 g/mol. The number of esters is 1. The molecule has 0 aromatic heterocycles. The van der Waals surface area contributed by atoms with E-state index in [1.807, 2.05) is 0 Å². The van der Waals surface area contributed by atoms with Gasteiger partial charge in [0.2, 0.25) is 10.0 Å². The lowest BCUT2D eigenvalue weighted by molar-refractivity contribution is -0.147. The van der Waals surface area contributed by atoms with Crippen LogP contribution >= 0.6 is 0 Å². The lowest BCUT2D eigenvalue weighted by atomic mass is 10.0. The van der Waals surface area contributed by atoms with Gasteiger partial charge in [0.05, 0.1) is 4.90 Å². The summed E-state index contributed by atoms with van der Waals surface area (Å²) in [5.74, 6) is -0.350. The molecule has 0 aliphatic rings. The van der Waals surface area contributed by atoms with Crippen LogP contribution in [0.5, 0.6) is 0 Å². The van der Waals surface area contributed by atoms with Crippen molar-refractivity contribution in [3.05, 3.63) is 29.8 Å². The van der Waals surface area contributed by atoms with Gasteiger partial charge in [-0.1, -0.05) is 25.5 Å². The quantitative estimate of drug-likeness (QED) is 0.811. The number of hydrogen-bond donors (Lipinski definition) is 1. The average Bonchev–Trinajstić information content (AvgIpc) is 2.33. The summed E-state index contributed by atoms with van der Waals surface area (Å²) >= 11 is 0. The van der Waals surface area contributed by atoms with E-state index in [2.05, 4.69) is 6.92 Å². The second kappa shape index (κ2) is 6.68. The van der Waals surface area contributed by atoms with Crippen molar-refractivity contribution in [3.63, 3.8) is 0 Å². The number of ether oxygens (including phenoxy) is 1. The van der Waals surface area contributed by atoms with Gasteiger partial charge in [0, 0.05) is 6.92 Å². The van der Waals surface area contributed by atoms with Crippen molar-refractivity contribution in [1.29, 1.82) is 0 Å². The van der Waals surface area contributed by atoms with Crippen LogP contribution in [0.3, 0.4) is 0 Å². The second-order valence-electron chi connectivity index (χ2n) is 4.35. The maximum atomic E-state index is 11.2. The van der Waals surface area contributed by atoms with Crippen LogP contribution in [0, 0.1) is 0 Å². The number of nitrogens with two attached hydrogens (primary N) is 1. The number of primary sulfonamides is 1. The molecule has 0 spiro atoms. The van der Waals surface area contributed by atoms with Crippen LogP contribution in [0.2, 0.25) is 0 Å². The van der Waals surface area contributed by atoms with Gasteiger partial charge in [-0.15, -0.1) is 0 Å². The molecule has 0 heterocycles. The number of hydrogen-bond acceptors (Lipinski definition) is 4.